The molecule has 1 fully saturated rings. The highest BCUT2D eigenvalue weighted by atomic mass is 32.1. The summed E-state index contributed by atoms with van der Waals surface area (Å²) in [5.74, 6) is 1.99. The van der Waals surface area contributed by atoms with Crippen molar-refractivity contribution in [2.45, 2.75) is 39.0 Å². The lowest BCUT2D eigenvalue weighted by Crippen LogP contribution is -2.38. The van der Waals surface area contributed by atoms with Crippen molar-refractivity contribution in [2.75, 3.05) is 19.6 Å². The van der Waals surface area contributed by atoms with Gasteiger partial charge in [-0.3, -0.25) is 4.99 Å². The van der Waals surface area contributed by atoms with E-state index in [-0.39, 0.29) is 0 Å². The summed E-state index contributed by atoms with van der Waals surface area (Å²) in [4.78, 5) is 6.06. The Balaban J connectivity index is 1.63. The zero-order valence-corrected chi connectivity index (χ0v) is 12.6. The van der Waals surface area contributed by atoms with Crippen molar-refractivity contribution in [2.24, 2.45) is 10.9 Å². The number of thiophene rings is 1. The molecule has 106 valence electrons. The van der Waals surface area contributed by atoms with E-state index in [1.807, 2.05) is 11.3 Å². The Morgan fingerprint density at radius 2 is 2.32 bits per heavy atom. The van der Waals surface area contributed by atoms with Gasteiger partial charge in [-0.05, 0) is 43.6 Å². The number of nitrogens with zero attached hydrogens (tertiary/aromatic N) is 1. The van der Waals surface area contributed by atoms with Crippen molar-refractivity contribution < 1.29 is 0 Å². The van der Waals surface area contributed by atoms with Crippen LogP contribution in [0.3, 0.4) is 0 Å². The number of hydrogen-bond donors (Lipinski definition) is 2. The van der Waals surface area contributed by atoms with E-state index in [4.69, 9.17) is 0 Å². The Morgan fingerprint density at radius 3 is 3.00 bits per heavy atom. The Labute approximate surface area is 120 Å². The maximum absolute atomic E-state index is 4.63. The Kier molecular flexibility index (Phi) is 6.21. The molecule has 0 spiro atoms. The number of nitrogens with one attached hydrogen (secondary N) is 2. The summed E-state index contributed by atoms with van der Waals surface area (Å²) in [7, 11) is 0. The average Bonchev–Trinajstić information content (AvgIpc) is 3.09. The van der Waals surface area contributed by atoms with Crippen LogP contribution in [0.5, 0.6) is 0 Å². The van der Waals surface area contributed by atoms with Gasteiger partial charge in [0.1, 0.15) is 0 Å². The third-order valence-electron chi connectivity index (χ3n) is 3.33. The van der Waals surface area contributed by atoms with E-state index >= 15 is 0 Å². The van der Waals surface area contributed by atoms with E-state index in [2.05, 4.69) is 40.1 Å². The largest absolute Gasteiger partial charge is 0.357 e. The van der Waals surface area contributed by atoms with Gasteiger partial charge in [-0.2, -0.15) is 0 Å². The fraction of sp³-hybridized carbons (Fsp3) is 0.667. The van der Waals surface area contributed by atoms with Gasteiger partial charge in [-0.1, -0.05) is 18.9 Å². The van der Waals surface area contributed by atoms with Gasteiger partial charge in [0.25, 0.3) is 0 Å². The lowest BCUT2D eigenvalue weighted by atomic mass is 10.2. The van der Waals surface area contributed by atoms with Gasteiger partial charge >= 0.3 is 0 Å². The topological polar surface area (TPSA) is 36.4 Å². The summed E-state index contributed by atoms with van der Waals surface area (Å²) in [6.45, 7) is 4.94. The SMILES string of the molecule is CCNC(=NCCCC1CC1)NCCc1cccs1. The molecule has 1 aromatic rings. The van der Waals surface area contributed by atoms with Crippen LogP contribution in [-0.2, 0) is 6.42 Å². The second kappa shape index (κ2) is 8.20. The fourth-order valence-electron chi connectivity index (χ4n) is 2.08. The van der Waals surface area contributed by atoms with Crippen molar-refractivity contribution in [3.05, 3.63) is 22.4 Å². The third-order valence-corrected chi connectivity index (χ3v) is 4.26. The van der Waals surface area contributed by atoms with Crippen molar-refractivity contribution in [3.8, 4) is 0 Å². The van der Waals surface area contributed by atoms with Gasteiger partial charge in [-0.25, -0.2) is 0 Å². The van der Waals surface area contributed by atoms with Gasteiger partial charge in [0, 0.05) is 24.5 Å². The molecule has 0 aromatic carbocycles. The van der Waals surface area contributed by atoms with Gasteiger partial charge in [-0.15, -0.1) is 11.3 Å². The van der Waals surface area contributed by atoms with Crippen LogP contribution in [0.1, 0.15) is 37.5 Å². The lowest BCUT2D eigenvalue weighted by Gasteiger charge is -2.10. The third kappa shape index (κ3) is 6.10. The molecule has 2 N–H and O–H groups in total. The summed E-state index contributed by atoms with van der Waals surface area (Å²) in [6.07, 6.45) is 6.56. The molecule has 4 heteroatoms. The molecule has 1 aliphatic carbocycles. The summed E-state index contributed by atoms with van der Waals surface area (Å²) < 4.78 is 0. The normalized spacial score (nSPS) is 15.5. The van der Waals surface area contributed by atoms with Crippen molar-refractivity contribution in [3.63, 3.8) is 0 Å². The first-order chi connectivity index (χ1) is 9.38. The Hall–Kier alpha value is -1.03. The highest BCUT2D eigenvalue weighted by Gasteiger charge is 2.19. The highest BCUT2D eigenvalue weighted by Crippen LogP contribution is 2.33. The first-order valence-electron chi connectivity index (χ1n) is 7.43. The Bertz CT molecular complexity index is 369. The molecule has 0 atom stereocenters. The number of rotatable bonds is 8. The predicted molar refractivity (Wildman–Crippen MR) is 84.0 cm³/mol. The standard InChI is InChI=1S/C15H25N3S/c1-2-16-15(17-10-3-5-13-7-8-13)18-11-9-14-6-4-12-19-14/h4,6,12-13H,2-3,5,7-11H2,1H3,(H2,16,17,18). The van der Waals surface area contributed by atoms with Gasteiger partial charge < -0.3 is 10.6 Å². The van der Waals surface area contributed by atoms with Crippen LogP contribution in [-0.4, -0.2) is 25.6 Å². The second-order valence-electron chi connectivity index (χ2n) is 5.10. The van der Waals surface area contributed by atoms with Gasteiger partial charge in [0.2, 0.25) is 0 Å². The molecule has 0 unspecified atom stereocenters. The van der Waals surface area contributed by atoms with Crippen LogP contribution in [0.4, 0.5) is 0 Å². The molecule has 0 bridgehead atoms. The van der Waals surface area contributed by atoms with Crippen LogP contribution >= 0.6 is 11.3 Å². The molecule has 1 aliphatic rings. The zero-order valence-electron chi connectivity index (χ0n) is 11.8. The van der Waals surface area contributed by atoms with Crippen LogP contribution < -0.4 is 10.6 Å². The fourth-order valence-corrected chi connectivity index (χ4v) is 2.79. The minimum atomic E-state index is 0.924. The molecule has 0 aliphatic heterocycles. The van der Waals surface area contributed by atoms with E-state index in [1.54, 1.807) is 0 Å². The van der Waals surface area contributed by atoms with Crippen molar-refractivity contribution in [1.82, 2.24) is 10.6 Å². The second-order valence-corrected chi connectivity index (χ2v) is 6.13. The van der Waals surface area contributed by atoms with E-state index in [1.165, 1.54) is 30.6 Å². The van der Waals surface area contributed by atoms with Crippen molar-refractivity contribution in [1.29, 1.82) is 0 Å². The lowest BCUT2D eigenvalue weighted by molar-refractivity contribution is 0.670. The number of guanidine groups is 1. The molecule has 0 amide bonds. The van der Waals surface area contributed by atoms with Crippen LogP contribution in [0.15, 0.2) is 22.5 Å². The summed E-state index contributed by atoms with van der Waals surface area (Å²) in [5.41, 5.74) is 0. The monoisotopic (exact) mass is 279 g/mol. The molecular formula is C15H25N3S. The quantitative estimate of drug-likeness (QED) is 0.436. The molecule has 0 radical (unpaired) electrons. The van der Waals surface area contributed by atoms with Crippen LogP contribution in [0.25, 0.3) is 0 Å². The van der Waals surface area contributed by atoms with Gasteiger partial charge in [0.05, 0.1) is 0 Å². The summed E-state index contributed by atoms with van der Waals surface area (Å²) in [5, 5.41) is 8.85. The van der Waals surface area contributed by atoms with Gasteiger partial charge in [0.15, 0.2) is 5.96 Å². The molecule has 1 aromatic heterocycles. The van der Waals surface area contributed by atoms with Crippen LogP contribution in [0, 0.1) is 5.92 Å². The van der Waals surface area contributed by atoms with Crippen LogP contribution in [0.2, 0.25) is 0 Å². The maximum atomic E-state index is 4.63. The first kappa shape index (κ1) is 14.4. The molecule has 2 rings (SSSR count). The van der Waals surface area contributed by atoms with E-state index in [0.29, 0.717) is 0 Å². The number of hydrogen-bond acceptors (Lipinski definition) is 2. The van der Waals surface area contributed by atoms with E-state index in [0.717, 1.165) is 37.9 Å². The smallest absolute Gasteiger partial charge is 0.191 e. The zero-order chi connectivity index (χ0) is 13.3. The predicted octanol–water partition coefficient (Wildman–Crippen LogP) is 3.04. The maximum Gasteiger partial charge on any atom is 0.191 e. The minimum Gasteiger partial charge on any atom is -0.357 e. The summed E-state index contributed by atoms with van der Waals surface area (Å²) >= 11 is 1.82. The summed E-state index contributed by atoms with van der Waals surface area (Å²) in [6, 6.07) is 4.29. The molecular weight excluding hydrogens is 254 g/mol. The highest BCUT2D eigenvalue weighted by molar-refractivity contribution is 7.09. The first-order valence-corrected chi connectivity index (χ1v) is 8.31. The van der Waals surface area contributed by atoms with E-state index < -0.39 is 0 Å². The molecule has 1 heterocycles. The number of aliphatic imine (C=N–C) groups is 1. The average molecular weight is 279 g/mol. The Morgan fingerprint density at radius 1 is 1.42 bits per heavy atom. The van der Waals surface area contributed by atoms with Crippen molar-refractivity contribution >= 4 is 17.3 Å². The molecule has 19 heavy (non-hydrogen) atoms. The molecule has 0 saturated heterocycles. The minimum absolute atomic E-state index is 0.924. The van der Waals surface area contributed by atoms with E-state index in [9.17, 15) is 0 Å². The molecule has 1 saturated carbocycles. The molecule has 3 nitrogen and oxygen atoms in total.